The second-order valence-electron chi connectivity index (χ2n) is 10.2. The minimum absolute atomic E-state index is 0.0833. The van der Waals surface area contributed by atoms with Gasteiger partial charge in [0.25, 0.3) is 5.91 Å². The Kier molecular flexibility index (Phi) is 14.3. The van der Waals surface area contributed by atoms with E-state index in [2.05, 4.69) is 29.2 Å². The van der Waals surface area contributed by atoms with Crippen LogP contribution in [0.5, 0.6) is 0 Å². The van der Waals surface area contributed by atoms with Gasteiger partial charge in [0.05, 0.1) is 22.7 Å². The van der Waals surface area contributed by atoms with Crippen molar-refractivity contribution >= 4 is 40.6 Å². The number of carbonyl (C=O) groups excluding carboxylic acids is 2. The Morgan fingerprint density at radius 2 is 1.84 bits per heavy atom. The van der Waals surface area contributed by atoms with Gasteiger partial charge in [0, 0.05) is 28.3 Å². The van der Waals surface area contributed by atoms with Crippen LogP contribution in [0.2, 0.25) is 10.0 Å². The molecule has 1 fully saturated rings. The number of rotatable bonds is 7. The topological polar surface area (TPSA) is 120 Å². The van der Waals surface area contributed by atoms with Crippen LogP contribution in [-0.4, -0.2) is 37.1 Å². The zero-order chi connectivity index (χ0) is 33.0. The minimum atomic E-state index is -4.59. The van der Waals surface area contributed by atoms with E-state index >= 15 is 0 Å². The molecule has 5 N–H and O–H groups in total. The molecule has 2 aromatic rings. The summed E-state index contributed by atoms with van der Waals surface area (Å²) in [6.45, 7) is 4.80. The van der Waals surface area contributed by atoms with Crippen molar-refractivity contribution < 1.29 is 27.2 Å². The fourth-order valence-electron chi connectivity index (χ4n) is 3.80. The summed E-state index contributed by atoms with van der Waals surface area (Å²) in [7, 11) is 0. The number of hydrazine groups is 1. The summed E-state index contributed by atoms with van der Waals surface area (Å²) >= 11 is 11.6. The summed E-state index contributed by atoms with van der Waals surface area (Å²) < 4.78 is 51.2. The molecule has 2 aliphatic rings. The molecule has 4 rings (SSSR count). The van der Waals surface area contributed by atoms with Gasteiger partial charge in [-0.2, -0.15) is 18.4 Å². The van der Waals surface area contributed by atoms with E-state index in [4.69, 9.17) is 34.2 Å². The Morgan fingerprint density at radius 3 is 2.36 bits per heavy atom. The number of carbonyl (C=O) groups is 2. The Balaban J connectivity index is 0.000000323. The average Bonchev–Trinajstić information content (AvgIpc) is 3.83. The van der Waals surface area contributed by atoms with Gasteiger partial charge in [-0.3, -0.25) is 15.0 Å². The highest BCUT2D eigenvalue weighted by Gasteiger charge is 2.33. The minimum Gasteiger partial charge on any atom is -0.350 e. The summed E-state index contributed by atoms with van der Waals surface area (Å²) in [4.78, 5) is 23.9. The smallest absolute Gasteiger partial charge is 0.350 e. The van der Waals surface area contributed by atoms with Gasteiger partial charge in [0.15, 0.2) is 0 Å². The largest absolute Gasteiger partial charge is 0.412 e. The average molecular weight is 657 g/mol. The van der Waals surface area contributed by atoms with E-state index in [0.29, 0.717) is 22.1 Å². The first-order valence-electron chi connectivity index (χ1n) is 13.9. The van der Waals surface area contributed by atoms with Gasteiger partial charge >= 0.3 is 6.18 Å². The van der Waals surface area contributed by atoms with Crippen molar-refractivity contribution in [1.29, 1.82) is 5.26 Å². The number of benzene rings is 2. The molecule has 44 heavy (non-hydrogen) atoms. The molecule has 2 amide bonds. The molecule has 1 unspecified atom stereocenters. The molecule has 0 saturated heterocycles. The van der Waals surface area contributed by atoms with E-state index in [9.17, 15) is 27.2 Å². The first-order chi connectivity index (χ1) is 20.7. The maximum Gasteiger partial charge on any atom is 0.412 e. The van der Waals surface area contributed by atoms with Crippen molar-refractivity contribution in [2.75, 3.05) is 13.1 Å². The van der Waals surface area contributed by atoms with Crippen molar-refractivity contribution in [3.8, 4) is 6.07 Å². The normalized spacial score (nSPS) is 16.5. The van der Waals surface area contributed by atoms with Crippen LogP contribution in [0.1, 0.15) is 69.1 Å². The van der Waals surface area contributed by atoms with Crippen LogP contribution < -0.4 is 21.9 Å². The zero-order valence-corrected chi connectivity index (χ0v) is 26.1. The summed E-state index contributed by atoms with van der Waals surface area (Å²) in [6.07, 6.45) is 1.75. The number of nitrogens with one attached hydrogen (secondary N) is 3. The van der Waals surface area contributed by atoms with Gasteiger partial charge in [0.1, 0.15) is 5.82 Å². The lowest BCUT2D eigenvalue weighted by Gasteiger charge is -2.24. The van der Waals surface area contributed by atoms with E-state index < -0.39 is 41.0 Å². The Labute approximate surface area is 264 Å². The summed E-state index contributed by atoms with van der Waals surface area (Å²) in [5.74, 6) is -1.34. The van der Waals surface area contributed by atoms with E-state index in [0.717, 1.165) is 26.5 Å². The molecule has 0 aromatic heterocycles. The van der Waals surface area contributed by atoms with E-state index in [1.54, 1.807) is 6.07 Å². The third kappa shape index (κ3) is 11.6. The Morgan fingerprint density at radius 1 is 1.16 bits per heavy atom. The molecular formula is C31H35Cl2F4N5O2. The second-order valence-corrected chi connectivity index (χ2v) is 11.0. The second kappa shape index (κ2) is 17.2. The molecule has 0 bridgehead atoms. The number of amides is 2. The number of hydrogen-bond acceptors (Lipinski definition) is 5. The number of alkyl halides is 3. The summed E-state index contributed by atoms with van der Waals surface area (Å²) in [5, 5.41) is 11.6. The fraction of sp³-hybridized carbons (Fsp3) is 0.387. The number of halogens is 6. The predicted molar refractivity (Wildman–Crippen MR) is 164 cm³/mol. The maximum absolute atomic E-state index is 13.3. The first-order valence-corrected chi connectivity index (χ1v) is 14.6. The lowest BCUT2D eigenvalue weighted by atomic mass is 10.0. The third-order valence-electron chi connectivity index (χ3n) is 6.68. The number of allylic oxidation sites excluding steroid dienone is 1. The molecule has 238 valence electrons. The summed E-state index contributed by atoms with van der Waals surface area (Å²) in [5.41, 5.74) is 11.1. The van der Waals surface area contributed by atoms with Crippen LogP contribution in [0, 0.1) is 17.1 Å². The first kappa shape index (κ1) is 36.8. The van der Waals surface area contributed by atoms with Gasteiger partial charge in [0.2, 0.25) is 5.91 Å². The lowest BCUT2D eigenvalue weighted by Crippen LogP contribution is -2.52. The molecule has 1 atom stereocenters. The fourth-order valence-corrected chi connectivity index (χ4v) is 4.22. The monoisotopic (exact) mass is 655 g/mol. The highest BCUT2D eigenvalue weighted by molar-refractivity contribution is 6.31. The Bertz CT molecular complexity index is 1430. The van der Waals surface area contributed by atoms with Crippen LogP contribution in [0.15, 0.2) is 53.6 Å². The standard InChI is InChI=1S/C17H16ClF4N3O2.C10H8ClN.C4H11N/c1-8(9(2)17(20,21)22)15(26)23-7-11-6-12(16(27)25-24-11)10-3-4-14(19)13(18)5-10;11-10-4-7(6-12)3-9(5-10)8-1-2-8;1-2-3-4-5/h3-6,11,24H,7H2,1-2H3,(H,23,26)(H,25,27);3-5,8H,1-2H2;2-5H2,1H3/b9-8+;;. The lowest BCUT2D eigenvalue weighted by molar-refractivity contribution is -0.119. The molecular weight excluding hydrogens is 621 g/mol. The van der Waals surface area contributed by atoms with Gasteiger partial charge in [-0.25, -0.2) is 9.82 Å². The quantitative estimate of drug-likeness (QED) is 0.195. The third-order valence-corrected chi connectivity index (χ3v) is 7.19. The van der Waals surface area contributed by atoms with Gasteiger partial charge in [-0.05, 0) is 87.0 Å². The van der Waals surface area contributed by atoms with E-state index in [1.165, 1.54) is 49.5 Å². The molecule has 1 heterocycles. The van der Waals surface area contributed by atoms with Crippen molar-refractivity contribution in [1.82, 2.24) is 16.2 Å². The Hall–Kier alpha value is -3.43. The van der Waals surface area contributed by atoms with Gasteiger partial charge in [-0.1, -0.05) is 48.7 Å². The van der Waals surface area contributed by atoms with Crippen molar-refractivity contribution in [2.45, 2.75) is 64.6 Å². The molecule has 13 heteroatoms. The van der Waals surface area contributed by atoms with Crippen LogP contribution in [0.25, 0.3) is 5.57 Å². The van der Waals surface area contributed by atoms with Crippen LogP contribution in [0.4, 0.5) is 17.6 Å². The SMILES string of the molecule is C/C(C(=O)NCC1C=C(c2ccc(F)c(Cl)c2)C(=O)NN1)=C(/C)C(F)(F)F.CCCCN.N#Cc1cc(Cl)cc(C2CC2)c1. The molecule has 0 radical (unpaired) electrons. The maximum atomic E-state index is 13.3. The number of nitrogens with two attached hydrogens (primary N) is 1. The number of hydrogen-bond donors (Lipinski definition) is 4. The van der Waals surface area contributed by atoms with E-state index in [-0.39, 0.29) is 17.1 Å². The molecule has 1 aliphatic heterocycles. The number of nitrogens with zero attached hydrogens (tertiary/aromatic N) is 1. The van der Waals surface area contributed by atoms with Crippen LogP contribution in [-0.2, 0) is 9.59 Å². The molecule has 2 aromatic carbocycles. The van der Waals surface area contributed by atoms with Gasteiger partial charge in [-0.15, -0.1) is 0 Å². The van der Waals surface area contributed by atoms with Crippen LogP contribution >= 0.6 is 23.2 Å². The number of nitriles is 1. The molecule has 0 spiro atoms. The van der Waals surface area contributed by atoms with E-state index in [1.807, 2.05) is 12.1 Å². The van der Waals surface area contributed by atoms with Crippen molar-refractivity contribution in [3.05, 3.63) is 86.2 Å². The predicted octanol–water partition coefficient (Wildman–Crippen LogP) is 6.71. The van der Waals surface area contributed by atoms with Crippen LogP contribution in [0.3, 0.4) is 0 Å². The molecule has 7 nitrogen and oxygen atoms in total. The highest BCUT2D eigenvalue weighted by Crippen LogP contribution is 2.41. The zero-order valence-electron chi connectivity index (χ0n) is 24.5. The van der Waals surface area contributed by atoms with Gasteiger partial charge < -0.3 is 11.1 Å². The highest BCUT2D eigenvalue weighted by atomic mass is 35.5. The number of unbranched alkanes of at least 4 members (excludes halogenated alkanes) is 1. The molecule has 1 aliphatic carbocycles. The van der Waals surface area contributed by atoms with Crippen molar-refractivity contribution in [3.63, 3.8) is 0 Å². The molecule has 1 saturated carbocycles. The summed E-state index contributed by atoms with van der Waals surface area (Å²) in [6, 6.07) is 10.9. The van der Waals surface area contributed by atoms with Crippen molar-refractivity contribution in [2.24, 2.45) is 5.73 Å².